The predicted octanol–water partition coefficient (Wildman–Crippen LogP) is 1.42. The first-order chi connectivity index (χ1) is 8.52. The fourth-order valence-electron chi connectivity index (χ4n) is 1.59. The molecule has 1 aromatic rings. The second-order valence-electron chi connectivity index (χ2n) is 4.72. The van der Waals surface area contributed by atoms with E-state index in [4.69, 9.17) is 10.2 Å². The molecule has 18 heavy (non-hydrogen) atoms. The van der Waals surface area contributed by atoms with Crippen molar-refractivity contribution in [1.82, 2.24) is 5.32 Å². The van der Waals surface area contributed by atoms with Crippen molar-refractivity contribution in [3.8, 4) is 0 Å². The van der Waals surface area contributed by atoms with Gasteiger partial charge in [0.1, 0.15) is 0 Å². The van der Waals surface area contributed by atoms with Crippen LogP contribution in [0, 0.1) is 5.92 Å². The molecule has 0 aliphatic rings. The van der Waals surface area contributed by atoms with Crippen molar-refractivity contribution in [3.05, 3.63) is 35.4 Å². The Bertz CT molecular complexity index is 375. The lowest BCUT2D eigenvalue weighted by Crippen LogP contribution is -2.33. The number of aliphatic hydroxyl groups excluding tert-OH is 1. The standard InChI is InChI=1S/C14H21NO3/c1-10(9-16)11(2)15-8-13-5-3-12(4-6-13)7-14(17)18/h3-6,10-11,15-16H,7-9H2,1-2H3,(H,17,18). The van der Waals surface area contributed by atoms with Crippen molar-refractivity contribution in [1.29, 1.82) is 0 Å². The van der Waals surface area contributed by atoms with Gasteiger partial charge in [-0.05, 0) is 24.0 Å². The van der Waals surface area contributed by atoms with Crippen LogP contribution in [0.5, 0.6) is 0 Å². The van der Waals surface area contributed by atoms with Gasteiger partial charge in [-0.15, -0.1) is 0 Å². The zero-order valence-corrected chi connectivity index (χ0v) is 10.9. The van der Waals surface area contributed by atoms with Crippen LogP contribution in [-0.4, -0.2) is 28.8 Å². The van der Waals surface area contributed by atoms with E-state index in [1.54, 1.807) is 0 Å². The molecule has 0 spiro atoms. The largest absolute Gasteiger partial charge is 0.481 e. The average molecular weight is 251 g/mol. The van der Waals surface area contributed by atoms with Gasteiger partial charge in [0.2, 0.25) is 0 Å². The van der Waals surface area contributed by atoms with Crippen LogP contribution in [0.25, 0.3) is 0 Å². The molecule has 0 aliphatic carbocycles. The number of carboxylic acid groups (broad SMARTS) is 1. The summed E-state index contributed by atoms with van der Waals surface area (Å²) in [6.07, 6.45) is 0.0612. The fourth-order valence-corrected chi connectivity index (χ4v) is 1.59. The van der Waals surface area contributed by atoms with Gasteiger partial charge in [-0.3, -0.25) is 4.79 Å². The van der Waals surface area contributed by atoms with E-state index in [2.05, 4.69) is 5.32 Å². The van der Waals surface area contributed by atoms with Crippen LogP contribution < -0.4 is 5.32 Å². The molecule has 4 heteroatoms. The first-order valence-electron chi connectivity index (χ1n) is 6.16. The summed E-state index contributed by atoms with van der Waals surface area (Å²) in [5.74, 6) is -0.595. The van der Waals surface area contributed by atoms with Gasteiger partial charge >= 0.3 is 5.97 Å². The summed E-state index contributed by atoms with van der Waals surface area (Å²) in [5, 5.41) is 21.0. The lowest BCUT2D eigenvalue weighted by molar-refractivity contribution is -0.136. The van der Waals surface area contributed by atoms with Gasteiger partial charge in [-0.25, -0.2) is 0 Å². The van der Waals surface area contributed by atoms with E-state index in [1.807, 2.05) is 38.1 Å². The van der Waals surface area contributed by atoms with Gasteiger partial charge in [0, 0.05) is 19.2 Å². The van der Waals surface area contributed by atoms with Gasteiger partial charge in [-0.1, -0.05) is 31.2 Å². The number of nitrogens with one attached hydrogen (secondary N) is 1. The van der Waals surface area contributed by atoms with Crippen LogP contribution in [0.1, 0.15) is 25.0 Å². The molecule has 1 aromatic carbocycles. The minimum atomic E-state index is -0.814. The summed E-state index contributed by atoms with van der Waals surface area (Å²) < 4.78 is 0. The maximum absolute atomic E-state index is 10.5. The molecule has 2 atom stereocenters. The van der Waals surface area contributed by atoms with E-state index in [1.165, 1.54) is 0 Å². The van der Waals surface area contributed by atoms with E-state index >= 15 is 0 Å². The Balaban J connectivity index is 2.46. The maximum Gasteiger partial charge on any atom is 0.307 e. The lowest BCUT2D eigenvalue weighted by Gasteiger charge is -2.19. The van der Waals surface area contributed by atoms with Gasteiger partial charge in [0.25, 0.3) is 0 Å². The molecule has 3 N–H and O–H groups in total. The van der Waals surface area contributed by atoms with Crippen LogP contribution in [0.2, 0.25) is 0 Å². The van der Waals surface area contributed by atoms with Crippen molar-refractivity contribution in [2.45, 2.75) is 32.9 Å². The minimum Gasteiger partial charge on any atom is -0.481 e. The minimum absolute atomic E-state index is 0.0612. The molecule has 0 bridgehead atoms. The molecule has 0 aliphatic heterocycles. The second kappa shape index (κ2) is 7.13. The van der Waals surface area contributed by atoms with Crippen molar-refractivity contribution in [2.24, 2.45) is 5.92 Å². The molecule has 0 aromatic heterocycles. The van der Waals surface area contributed by atoms with Crippen LogP contribution in [0.15, 0.2) is 24.3 Å². The highest BCUT2D eigenvalue weighted by Crippen LogP contribution is 2.07. The highest BCUT2D eigenvalue weighted by Gasteiger charge is 2.09. The molecule has 4 nitrogen and oxygen atoms in total. The molecular formula is C14H21NO3. The predicted molar refractivity (Wildman–Crippen MR) is 70.3 cm³/mol. The Morgan fingerprint density at radius 1 is 1.22 bits per heavy atom. The zero-order valence-electron chi connectivity index (χ0n) is 10.9. The zero-order chi connectivity index (χ0) is 13.5. The van der Waals surface area contributed by atoms with Crippen LogP contribution in [0.3, 0.4) is 0 Å². The number of carboxylic acids is 1. The fraction of sp³-hybridized carbons (Fsp3) is 0.500. The Hall–Kier alpha value is -1.39. The highest BCUT2D eigenvalue weighted by atomic mass is 16.4. The van der Waals surface area contributed by atoms with E-state index in [-0.39, 0.29) is 25.0 Å². The molecule has 0 saturated heterocycles. The second-order valence-corrected chi connectivity index (χ2v) is 4.72. The SMILES string of the molecule is CC(CO)C(C)NCc1ccc(CC(=O)O)cc1. The number of rotatable bonds is 7. The molecular weight excluding hydrogens is 230 g/mol. The van der Waals surface area contributed by atoms with Crippen molar-refractivity contribution >= 4 is 5.97 Å². The molecule has 0 amide bonds. The third kappa shape index (κ3) is 4.85. The average Bonchev–Trinajstić information content (AvgIpc) is 2.36. The van der Waals surface area contributed by atoms with Crippen molar-refractivity contribution in [3.63, 3.8) is 0 Å². The first kappa shape index (κ1) is 14.7. The Morgan fingerprint density at radius 2 is 1.78 bits per heavy atom. The first-order valence-corrected chi connectivity index (χ1v) is 6.16. The van der Waals surface area contributed by atoms with Crippen molar-refractivity contribution < 1.29 is 15.0 Å². The van der Waals surface area contributed by atoms with Crippen LogP contribution >= 0.6 is 0 Å². The normalized spacial score (nSPS) is 14.2. The number of carbonyl (C=O) groups is 1. The van der Waals surface area contributed by atoms with Crippen molar-refractivity contribution in [2.75, 3.05) is 6.61 Å². The van der Waals surface area contributed by atoms with E-state index in [0.29, 0.717) is 0 Å². The number of hydrogen-bond acceptors (Lipinski definition) is 3. The summed E-state index contributed by atoms with van der Waals surface area (Å²) in [4.78, 5) is 10.5. The monoisotopic (exact) mass is 251 g/mol. The van der Waals surface area contributed by atoms with Gasteiger partial charge < -0.3 is 15.5 Å². The van der Waals surface area contributed by atoms with Crippen LogP contribution in [0.4, 0.5) is 0 Å². The summed E-state index contributed by atoms with van der Waals surface area (Å²) in [6, 6.07) is 7.79. The summed E-state index contributed by atoms with van der Waals surface area (Å²) in [7, 11) is 0. The highest BCUT2D eigenvalue weighted by molar-refractivity contribution is 5.70. The quantitative estimate of drug-likeness (QED) is 0.685. The van der Waals surface area contributed by atoms with Gasteiger partial charge in [-0.2, -0.15) is 0 Å². The van der Waals surface area contributed by atoms with Crippen LogP contribution in [-0.2, 0) is 17.8 Å². The van der Waals surface area contributed by atoms with Gasteiger partial charge in [0.05, 0.1) is 6.42 Å². The summed E-state index contributed by atoms with van der Waals surface area (Å²) in [6.45, 7) is 4.93. The third-order valence-electron chi connectivity index (χ3n) is 3.15. The smallest absolute Gasteiger partial charge is 0.307 e. The summed E-state index contributed by atoms with van der Waals surface area (Å²) >= 11 is 0. The molecule has 100 valence electrons. The molecule has 0 fully saturated rings. The number of aliphatic hydroxyl groups is 1. The Morgan fingerprint density at radius 3 is 2.28 bits per heavy atom. The van der Waals surface area contributed by atoms with E-state index in [0.717, 1.165) is 17.7 Å². The topological polar surface area (TPSA) is 69.6 Å². The Labute approximate surface area is 108 Å². The molecule has 0 saturated carbocycles. The number of aliphatic carboxylic acids is 1. The molecule has 1 rings (SSSR count). The van der Waals surface area contributed by atoms with E-state index in [9.17, 15) is 4.79 Å². The maximum atomic E-state index is 10.5. The number of hydrogen-bond donors (Lipinski definition) is 3. The number of benzene rings is 1. The molecule has 2 unspecified atom stereocenters. The lowest BCUT2D eigenvalue weighted by atomic mass is 10.0. The van der Waals surface area contributed by atoms with Gasteiger partial charge in [0.15, 0.2) is 0 Å². The molecule has 0 heterocycles. The van der Waals surface area contributed by atoms with E-state index < -0.39 is 5.97 Å². The third-order valence-corrected chi connectivity index (χ3v) is 3.15. The summed E-state index contributed by atoms with van der Waals surface area (Å²) in [5.41, 5.74) is 1.92. The molecule has 0 radical (unpaired) electrons. The Kier molecular flexibility index (Phi) is 5.82.